The number of halogens is 2. The van der Waals surface area contributed by atoms with E-state index in [2.05, 4.69) is 25.5 Å². The first-order chi connectivity index (χ1) is 15.9. The van der Waals surface area contributed by atoms with E-state index >= 15 is 0 Å². The number of alkyl halides is 2. The van der Waals surface area contributed by atoms with Gasteiger partial charge in [-0.3, -0.25) is 4.79 Å². The molecule has 1 aliphatic rings. The Morgan fingerprint density at radius 1 is 1.21 bits per heavy atom. The lowest BCUT2D eigenvalue weighted by atomic mass is 9.94. The van der Waals surface area contributed by atoms with Crippen molar-refractivity contribution in [3.8, 4) is 11.5 Å². The zero-order valence-corrected chi connectivity index (χ0v) is 18.3. The van der Waals surface area contributed by atoms with Crippen LogP contribution in [0, 0.1) is 6.92 Å². The third kappa shape index (κ3) is 4.50. The Kier molecular flexibility index (Phi) is 6.25. The molecular weight excluding hydrogens is 432 g/mol. The van der Waals surface area contributed by atoms with Crippen molar-refractivity contribution in [2.45, 2.75) is 33.4 Å². The van der Waals surface area contributed by atoms with Gasteiger partial charge < -0.3 is 20.1 Å². The van der Waals surface area contributed by atoms with E-state index in [-0.39, 0.29) is 24.0 Å². The van der Waals surface area contributed by atoms with Gasteiger partial charge in [0.05, 0.1) is 12.2 Å². The number of hydrogen-bond donors (Lipinski definition) is 2. The lowest BCUT2D eigenvalue weighted by molar-refractivity contribution is -0.113. The third-order valence-electron chi connectivity index (χ3n) is 5.23. The van der Waals surface area contributed by atoms with Gasteiger partial charge in [0.15, 0.2) is 11.5 Å². The number of ether oxygens (including phenoxy) is 2. The van der Waals surface area contributed by atoms with Crippen LogP contribution in [0.2, 0.25) is 0 Å². The molecule has 172 valence electrons. The van der Waals surface area contributed by atoms with Crippen LogP contribution in [0.3, 0.4) is 0 Å². The van der Waals surface area contributed by atoms with Crippen molar-refractivity contribution in [3.63, 3.8) is 0 Å². The molecule has 2 N–H and O–H groups in total. The Morgan fingerprint density at radius 3 is 2.73 bits per heavy atom. The van der Waals surface area contributed by atoms with Gasteiger partial charge >= 0.3 is 6.61 Å². The standard InChI is InChI=1S/C23H23F2N5O3/c1-4-32-18-11-15(9-10-17(18)33-22(24)25)20-19(14(3)28-23-26-12-27-30(20)23)21(31)29-16-8-6-5-7-13(16)2/h5-12,20,22H,4H2,1-3H3,(H,29,31)(H,26,27,28)/t20-/m1/s1. The maximum Gasteiger partial charge on any atom is 0.387 e. The van der Waals surface area contributed by atoms with E-state index in [0.29, 0.717) is 28.5 Å². The number of amides is 1. The molecule has 2 heterocycles. The number of carbonyl (C=O) groups is 1. The Bertz CT molecular complexity index is 1210. The summed E-state index contributed by atoms with van der Waals surface area (Å²) >= 11 is 0. The van der Waals surface area contributed by atoms with Crippen LogP contribution in [0.15, 0.2) is 60.1 Å². The van der Waals surface area contributed by atoms with Crippen LogP contribution in [0.5, 0.6) is 11.5 Å². The summed E-state index contributed by atoms with van der Waals surface area (Å²) in [5.74, 6) is 0.184. The maximum atomic E-state index is 13.4. The van der Waals surface area contributed by atoms with Crippen molar-refractivity contribution >= 4 is 17.5 Å². The number of benzene rings is 2. The second-order valence-corrected chi connectivity index (χ2v) is 7.38. The summed E-state index contributed by atoms with van der Waals surface area (Å²) in [6.07, 6.45) is 1.38. The molecule has 10 heteroatoms. The number of aryl methyl sites for hydroxylation is 1. The zero-order valence-electron chi connectivity index (χ0n) is 18.3. The lowest BCUT2D eigenvalue weighted by Gasteiger charge is -2.29. The number of rotatable bonds is 7. The first kappa shape index (κ1) is 22.3. The van der Waals surface area contributed by atoms with Crippen molar-refractivity contribution in [1.29, 1.82) is 0 Å². The van der Waals surface area contributed by atoms with Crippen LogP contribution in [-0.2, 0) is 4.79 Å². The first-order valence-electron chi connectivity index (χ1n) is 10.3. The molecule has 0 radical (unpaired) electrons. The number of fused-ring (bicyclic) bond motifs is 1. The van der Waals surface area contributed by atoms with Gasteiger partial charge in [-0.1, -0.05) is 24.3 Å². The lowest BCUT2D eigenvalue weighted by Crippen LogP contribution is -2.31. The van der Waals surface area contributed by atoms with E-state index in [9.17, 15) is 13.6 Å². The summed E-state index contributed by atoms with van der Waals surface area (Å²) in [6, 6.07) is 11.4. The van der Waals surface area contributed by atoms with E-state index in [1.807, 2.05) is 31.2 Å². The number of anilines is 2. The molecule has 0 fully saturated rings. The fraction of sp³-hybridized carbons (Fsp3) is 0.261. The quantitative estimate of drug-likeness (QED) is 0.545. The van der Waals surface area contributed by atoms with Crippen molar-refractivity contribution in [2.75, 3.05) is 17.2 Å². The molecule has 2 aromatic carbocycles. The third-order valence-corrected chi connectivity index (χ3v) is 5.23. The van der Waals surface area contributed by atoms with Gasteiger partial charge in [0, 0.05) is 11.4 Å². The van der Waals surface area contributed by atoms with E-state index in [1.165, 1.54) is 12.4 Å². The van der Waals surface area contributed by atoms with Gasteiger partial charge in [0.1, 0.15) is 12.4 Å². The van der Waals surface area contributed by atoms with E-state index < -0.39 is 12.7 Å². The molecule has 0 spiro atoms. The summed E-state index contributed by atoms with van der Waals surface area (Å²) in [5.41, 5.74) is 3.20. The molecule has 4 rings (SSSR count). The number of aromatic nitrogens is 3. The van der Waals surface area contributed by atoms with Crippen LogP contribution in [-0.4, -0.2) is 33.9 Å². The fourth-order valence-electron chi connectivity index (χ4n) is 3.75. The second kappa shape index (κ2) is 9.27. The van der Waals surface area contributed by atoms with E-state index in [4.69, 9.17) is 4.74 Å². The maximum absolute atomic E-state index is 13.4. The first-order valence-corrected chi connectivity index (χ1v) is 10.3. The second-order valence-electron chi connectivity index (χ2n) is 7.38. The summed E-state index contributed by atoms with van der Waals surface area (Å²) in [4.78, 5) is 17.7. The van der Waals surface area contributed by atoms with Gasteiger partial charge in [-0.25, -0.2) is 4.68 Å². The molecule has 0 saturated heterocycles. The van der Waals surface area contributed by atoms with Gasteiger partial charge in [0.25, 0.3) is 5.91 Å². The molecule has 0 unspecified atom stereocenters. The smallest absolute Gasteiger partial charge is 0.387 e. The van der Waals surface area contributed by atoms with Crippen LogP contribution in [0.4, 0.5) is 20.4 Å². The number of para-hydroxylation sites is 1. The van der Waals surface area contributed by atoms with Gasteiger partial charge in [-0.2, -0.15) is 18.9 Å². The van der Waals surface area contributed by atoms with Crippen LogP contribution in [0.25, 0.3) is 0 Å². The van der Waals surface area contributed by atoms with Crippen molar-refractivity contribution in [3.05, 3.63) is 71.2 Å². The molecule has 1 aliphatic heterocycles. The molecule has 1 amide bonds. The molecule has 1 aromatic heterocycles. The summed E-state index contributed by atoms with van der Waals surface area (Å²) < 4.78 is 37.4. The highest BCUT2D eigenvalue weighted by atomic mass is 19.3. The fourth-order valence-corrected chi connectivity index (χ4v) is 3.75. The normalized spacial score (nSPS) is 15.2. The summed E-state index contributed by atoms with van der Waals surface area (Å²) in [5, 5.41) is 10.3. The predicted octanol–water partition coefficient (Wildman–Crippen LogP) is 4.51. The van der Waals surface area contributed by atoms with Crippen molar-refractivity contribution in [1.82, 2.24) is 14.8 Å². The average Bonchev–Trinajstić information content (AvgIpc) is 3.23. The number of hydrogen-bond acceptors (Lipinski definition) is 6. The predicted molar refractivity (Wildman–Crippen MR) is 119 cm³/mol. The van der Waals surface area contributed by atoms with Gasteiger partial charge in [-0.15, -0.1) is 0 Å². The van der Waals surface area contributed by atoms with E-state index in [0.717, 1.165) is 5.56 Å². The summed E-state index contributed by atoms with van der Waals surface area (Å²) in [7, 11) is 0. The van der Waals surface area contributed by atoms with Gasteiger partial charge in [0.2, 0.25) is 5.95 Å². The molecule has 33 heavy (non-hydrogen) atoms. The van der Waals surface area contributed by atoms with Crippen LogP contribution < -0.4 is 20.1 Å². The zero-order chi connectivity index (χ0) is 23.5. The minimum atomic E-state index is -2.99. The Labute approximate surface area is 189 Å². The van der Waals surface area contributed by atoms with Crippen molar-refractivity contribution in [2.24, 2.45) is 0 Å². The molecule has 0 aliphatic carbocycles. The number of nitrogens with zero attached hydrogens (tertiary/aromatic N) is 3. The minimum absolute atomic E-state index is 0.0880. The topological polar surface area (TPSA) is 90.3 Å². The molecular formula is C23H23F2N5O3. The minimum Gasteiger partial charge on any atom is -0.490 e. The number of carbonyl (C=O) groups excluding carboxylic acids is 1. The van der Waals surface area contributed by atoms with Crippen LogP contribution in [0.1, 0.15) is 31.0 Å². The van der Waals surface area contributed by atoms with Crippen molar-refractivity contribution < 1.29 is 23.0 Å². The van der Waals surface area contributed by atoms with E-state index in [1.54, 1.807) is 30.7 Å². The van der Waals surface area contributed by atoms with Gasteiger partial charge in [-0.05, 0) is 50.1 Å². The highest BCUT2D eigenvalue weighted by Crippen LogP contribution is 2.39. The monoisotopic (exact) mass is 455 g/mol. The Morgan fingerprint density at radius 2 is 2.00 bits per heavy atom. The molecule has 0 bridgehead atoms. The number of nitrogens with one attached hydrogen (secondary N) is 2. The molecule has 1 atom stereocenters. The highest BCUT2D eigenvalue weighted by Gasteiger charge is 2.34. The molecule has 0 saturated carbocycles. The highest BCUT2D eigenvalue weighted by molar-refractivity contribution is 6.06. The molecule has 8 nitrogen and oxygen atoms in total. The Hall–Kier alpha value is -3.95. The average molecular weight is 455 g/mol. The van der Waals surface area contributed by atoms with Crippen LogP contribution >= 0.6 is 0 Å². The largest absolute Gasteiger partial charge is 0.490 e. The molecule has 3 aromatic rings. The Balaban J connectivity index is 1.78. The number of allylic oxidation sites excluding steroid dienone is 1. The SMILES string of the molecule is CCOc1cc([C@@H]2C(C(=O)Nc3ccccc3C)=C(C)Nc3ncnn32)ccc1OC(F)F. The summed E-state index contributed by atoms with van der Waals surface area (Å²) in [6.45, 7) is 2.67.